The standard InChI is InChI=1S/C13H15NO/c1-3-5-10-15-14-11-13-9-7-6-8-12(13)4-2/h1,6-9,11H,4-5,10H2,2H3. The van der Waals surface area contributed by atoms with Gasteiger partial charge in [0.2, 0.25) is 0 Å². The predicted octanol–water partition coefficient (Wildman–Crippen LogP) is 2.62. The summed E-state index contributed by atoms with van der Waals surface area (Å²) in [4.78, 5) is 5.00. The first-order valence-corrected chi connectivity index (χ1v) is 5.05. The first-order chi connectivity index (χ1) is 7.38. The summed E-state index contributed by atoms with van der Waals surface area (Å²) in [5.41, 5.74) is 2.36. The Hall–Kier alpha value is -1.75. The zero-order valence-corrected chi connectivity index (χ0v) is 8.94. The molecule has 1 aromatic rings. The molecule has 2 nitrogen and oxygen atoms in total. The molecule has 0 N–H and O–H groups in total. The Morgan fingerprint density at radius 2 is 2.27 bits per heavy atom. The van der Waals surface area contributed by atoms with Crippen LogP contribution in [0.15, 0.2) is 29.4 Å². The molecule has 1 rings (SSSR count). The topological polar surface area (TPSA) is 21.6 Å². The molecular weight excluding hydrogens is 186 g/mol. The van der Waals surface area contributed by atoms with Gasteiger partial charge in [-0.3, -0.25) is 0 Å². The van der Waals surface area contributed by atoms with Gasteiger partial charge in [-0.15, -0.1) is 12.3 Å². The maximum Gasteiger partial charge on any atom is 0.128 e. The van der Waals surface area contributed by atoms with Gasteiger partial charge in [-0.05, 0) is 17.5 Å². The quantitative estimate of drug-likeness (QED) is 0.310. The molecule has 0 spiro atoms. The minimum Gasteiger partial charge on any atom is -0.395 e. The Morgan fingerprint density at radius 3 is 3.00 bits per heavy atom. The van der Waals surface area contributed by atoms with Gasteiger partial charge in [-0.25, -0.2) is 0 Å². The van der Waals surface area contributed by atoms with E-state index >= 15 is 0 Å². The first kappa shape index (κ1) is 11.3. The number of hydrogen-bond acceptors (Lipinski definition) is 2. The van der Waals surface area contributed by atoms with Crippen molar-refractivity contribution in [1.82, 2.24) is 0 Å². The number of rotatable bonds is 5. The van der Waals surface area contributed by atoms with Gasteiger partial charge in [-0.2, -0.15) is 0 Å². The molecule has 0 heterocycles. The zero-order chi connectivity index (χ0) is 10.9. The van der Waals surface area contributed by atoms with Gasteiger partial charge < -0.3 is 4.84 Å². The second kappa shape index (κ2) is 6.67. The van der Waals surface area contributed by atoms with E-state index in [1.807, 2.05) is 18.2 Å². The van der Waals surface area contributed by atoms with Gasteiger partial charge in [0.15, 0.2) is 0 Å². The molecule has 0 aliphatic rings. The maximum absolute atomic E-state index is 5.09. The second-order valence-corrected chi connectivity index (χ2v) is 3.07. The lowest BCUT2D eigenvalue weighted by molar-refractivity contribution is 0.152. The molecule has 78 valence electrons. The molecule has 1 aromatic carbocycles. The number of nitrogens with zero attached hydrogens (tertiary/aromatic N) is 1. The third-order valence-corrected chi connectivity index (χ3v) is 2.04. The SMILES string of the molecule is C#CCCON=Cc1ccccc1CC. The Labute approximate surface area is 90.9 Å². The molecule has 0 aromatic heterocycles. The fourth-order valence-electron chi connectivity index (χ4n) is 1.23. The van der Waals surface area contributed by atoms with E-state index in [1.165, 1.54) is 5.56 Å². The van der Waals surface area contributed by atoms with Crippen LogP contribution in [0.5, 0.6) is 0 Å². The zero-order valence-electron chi connectivity index (χ0n) is 8.94. The van der Waals surface area contributed by atoms with Crippen molar-refractivity contribution in [3.8, 4) is 12.3 Å². The summed E-state index contributed by atoms with van der Waals surface area (Å²) in [7, 11) is 0. The minimum absolute atomic E-state index is 0.474. The van der Waals surface area contributed by atoms with E-state index in [-0.39, 0.29) is 0 Å². The lowest BCUT2D eigenvalue weighted by Gasteiger charge is -2.01. The van der Waals surface area contributed by atoms with E-state index in [2.05, 4.69) is 24.1 Å². The molecule has 0 saturated carbocycles. The number of hydrogen-bond donors (Lipinski definition) is 0. The third-order valence-electron chi connectivity index (χ3n) is 2.04. The molecule has 0 unspecified atom stereocenters. The molecule has 15 heavy (non-hydrogen) atoms. The van der Waals surface area contributed by atoms with Crippen molar-refractivity contribution < 1.29 is 4.84 Å². The molecule has 0 radical (unpaired) electrons. The van der Waals surface area contributed by atoms with E-state index < -0.39 is 0 Å². The summed E-state index contributed by atoms with van der Waals surface area (Å²) in [6.45, 7) is 2.59. The molecule has 0 bridgehead atoms. The normalized spacial score (nSPS) is 10.1. The summed E-state index contributed by atoms with van der Waals surface area (Å²) in [6.07, 6.45) is 8.40. The smallest absolute Gasteiger partial charge is 0.128 e. The van der Waals surface area contributed by atoms with Crippen LogP contribution in [0.4, 0.5) is 0 Å². The van der Waals surface area contributed by atoms with Gasteiger partial charge in [0.1, 0.15) is 6.61 Å². The fraction of sp³-hybridized carbons (Fsp3) is 0.308. The molecule has 0 fully saturated rings. The largest absolute Gasteiger partial charge is 0.395 e. The van der Waals surface area contributed by atoms with Crippen molar-refractivity contribution in [1.29, 1.82) is 0 Å². The average Bonchev–Trinajstić information content (AvgIpc) is 2.29. The van der Waals surface area contributed by atoms with E-state index in [4.69, 9.17) is 11.3 Å². The molecule has 0 aliphatic heterocycles. The van der Waals surface area contributed by atoms with Gasteiger partial charge >= 0.3 is 0 Å². The lowest BCUT2D eigenvalue weighted by atomic mass is 10.1. The van der Waals surface area contributed by atoms with Gasteiger partial charge in [-0.1, -0.05) is 36.3 Å². The molecule has 2 heteroatoms. The van der Waals surface area contributed by atoms with Gasteiger partial charge in [0.25, 0.3) is 0 Å². The summed E-state index contributed by atoms with van der Waals surface area (Å²) in [5, 5.41) is 3.87. The highest BCUT2D eigenvalue weighted by Gasteiger charge is 1.95. The lowest BCUT2D eigenvalue weighted by Crippen LogP contribution is -1.92. The highest BCUT2D eigenvalue weighted by atomic mass is 16.6. The van der Waals surface area contributed by atoms with Crippen LogP contribution in [0.2, 0.25) is 0 Å². The Morgan fingerprint density at radius 1 is 1.47 bits per heavy atom. The highest BCUT2D eigenvalue weighted by molar-refractivity contribution is 5.81. The summed E-state index contributed by atoms with van der Waals surface area (Å²) >= 11 is 0. The van der Waals surface area contributed by atoms with Crippen LogP contribution in [-0.4, -0.2) is 12.8 Å². The summed E-state index contributed by atoms with van der Waals surface area (Å²) in [6, 6.07) is 8.12. The van der Waals surface area contributed by atoms with Crippen LogP contribution in [0.1, 0.15) is 24.5 Å². The first-order valence-electron chi connectivity index (χ1n) is 5.05. The minimum atomic E-state index is 0.474. The highest BCUT2D eigenvalue weighted by Crippen LogP contribution is 2.06. The third kappa shape index (κ3) is 3.86. The van der Waals surface area contributed by atoms with E-state index in [9.17, 15) is 0 Å². The van der Waals surface area contributed by atoms with E-state index in [0.29, 0.717) is 13.0 Å². The second-order valence-electron chi connectivity index (χ2n) is 3.07. The fourth-order valence-corrected chi connectivity index (χ4v) is 1.23. The van der Waals surface area contributed by atoms with Gasteiger partial charge in [0, 0.05) is 6.42 Å². The van der Waals surface area contributed by atoms with E-state index in [1.54, 1.807) is 6.21 Å². The van der Waals surface area contributed by atoms with Crippen LogP contribution in [-0.2, 0) is 11.3 Å². The molecule has 0 amide bonds. The van der Waals surface area contributed by atoms with Crippen molar-refractivity contribution in [2.45, 2.75) is 19.8 Å². The number of aryl methyl sites for hydroxylation is 1. The van der Waals surface area contributed by atoms with E-state index in [0.717, 1.165) is 12.0 Å². The molecule has 0 saturated heterocycles. The Kier molecular flexibility index (Phi) is 5.03. The van der Waals surface area contributed by atoms with Crippen LogP contribution >= 0.6 is 0 Å². The Bertz CT molecular complexity index is 363. The number of oxime groups is 1. The average molecular weight is 201 g/mol. The van der Waals surface area contributed by atoms with Crippen molar-refractivity contribution >= 4 is 6.21 Å². The van der Waals surface area contributed by atoms with Crippen LogP contribution in [0.25, 0.3) is 0 Å². The summed E-state index contributed by atoms with van der Waals surface area (Å²) < 4.78 is 0. The van der Waals surface area contributed by atoms with Crippen molar-refractivity contribution in [3.05, 3.63) is 35.4 Å². The maximum atomic E-state index is 5.09. The predicted molar refractivity (Wildman–Crippen MR) is 62.8 cm³/mol. The summed E-state index contributed by atoms with van der Waals surface area (Å²) in [5.74, 6) is 2.49. The van der Waals surface area contributed by atoms with Crippen LogP contribution in [0, 0.1) is 12.3 Å². The Balaban J connectivity index is 2.52. The van der Waals surface area contributed by atoms with Gasteiger partial charge in [0.05, 0.1) is 6.21 Å². The van der Waals surface area contributed by atoms with Crippen molar-refractivity contribution in [2.24, 2.45) is 5.16 Å². The van der Waals surface area contributed by atoms with Crippen molar-refractivity contribution in [3.63, 3.8) is 0 Å². The number of terminal acetylenes is 1. The number of benzene rings is 1. The van der Waals surface area contributed by atoms with Crippen LogP contribution < -0.4 is 0 Å². The molecule has 0 aliphatic carbocycles. The molecule has 0 atom stereocenters. The van der Waals surface area contributed by atoms with Crippen LogP contribution in [0.3, 0.4) is 0 Å². The van der Waals surface area contributed by atoms with Crippen molar-refractivity contribution in [2.75, 3.05) is 6.61 Å². The monoisotopic (exact) mass is 201 g/mol. The molecular formula is C13H15NO.